The van der Waals surface area contributed by atoms with Crippen molar-refractivity contribution < 1.29 is 4.79 Å². The number of urea groups is 1. The molecule has 5 rings (SSSR count). The molecule has 0 radical (unpaired) electrons. The third-order valence-corrected chi connectivity index (χ3v) is 6.17. The molecular weight excluding hydrogens is 392 g/mol. The van der Waals surface area contributed by atoms with Gasteiger partial charge in [0.05, 0.1) is 12.1 Å². The molecule has 1 saturated heterocycles. The molecule has 0 N–H and O–H groups in total. The van der Waals surface area contributed by atoms with Gasteiger partial charge in [0.15, 0.2) is 0 Å². The Balaban J connectivity index is 1.74. The molecule has 1 aliphatic rings. The first-order chi connectivity index (χ1) is 15.6. The molecule has 2 unspecified atom stereocenters. The van der Waals surface area contributed by atoms with Gasteiger partial charge < -0.3 is 0 Å². The van der Waals surface area contributed by atoms with Crippen LogP contribution in [-0.4, -0.2) is 6.03 Å². The highest BCUT2D eigenvalue weighted by Gasteiger charge is 2.48. The van der Waals surface area contributed by atoms with Gasteiger partial charge in [-0.2, -0.15) is 0 Å². The van der Waals surface area contributed by atoms with Crippen molar-refractivity contribution in [3.63, 3.8) is 0 Å². The second-order valence-electron chi connectivity index (χ2n) is 8.40. The minimum atomic E-state index is -0.159. The summed E-state index contributed by atoms with van der Waals surface area (Å²) >= 11 is 0. The number of carbonyl (C=O) groups excluding carboxylic acids is 1. The fourth-order valence-electron chi connectivity index (χ4n) is 4.55. The molecule has 0 spiro atoms. The minimum Gasteiger partial charge on any atom is -0.284 e. The number of anilines is 2. The number of para-hydroxylation sites is 2. The maximum absolute atomic E-state index is 14.1. The van der Waals surface area contributed by atoms with Crippen molar-refractivity contribution in [2.75, 3.05) is 9.80 Å². The predicted octanol–water partition coefficient (Wildman–Crippen LogP) is 7.23. The molecule has 32 heavy (non-hydrogen) atoms. The van der Waals surface area contributed by atoms with E-state index in [1.807, 2.05) is 70.5 Å². The highest BCUT2D eigenvalue weighted by atomic mass is 16.2. The Bertz CT molecular complexity index is 1100. The zero-order valence-corrected chi connectivity index (χ0v) is 18.3. The number of nitrogens with zero attached hydrogens (tertiary/aromatic N) is 2. The topological polar surface area (TPSA) is 23.6 Å². The maximum atomic E-state index is 14.1. The zero-order valence-electron chi connectivity index (χ0n) is 18.3. The van der Waals surface area contributed by atoms with Crippen molar-refractivity contribution in [1.82, 2.24) is 0 Å². The Morgan fingerprint density at radius 1 is 0.500 bits per heavy atom. The largest absolute Gasteiger partial charge is 0.330 e. The van der Waals surface area contributed by atoms with Crippen LogP contribution in [0.15, 0.2) is 109 Å². The second-order valence-corrected chi connectivity index (χ2v) is 8.40. The summed E-state index contributed by atoms with van der Waals surface area (Å²) in [6.07, 6.45) is 0. The molecule has 3 nitrogen and oxygen atoms in total. The number of amides is 2. The summed E-state index contributed by atoms with van der Waals surface area (Å²) in [6.45, 7) is 4.18. The third kappa shape index (κ3) is 3.56. The van der Waals surface area contributed by atoms with Crippen molar-refractivity contribution in [3.8, 4) is 0 Å². The molecule has 4 aromatic carbocycles. The summed E-state index contributed by atoms with van der Waals surface area (Å²) in [5, 5.41) is 0. The van der Waals surface area contributed by atoms with Gasteiger partial charge >= 0.3 is 6.03 Å². The number of hydrogen-bond acceptors (Lipinski definition) is 1. The van der Waals surface area contributed by atoms with Gasteiger partial charge in [-0.05, 0) is 49.2 Å². The van der Waals surface area contributed by atoms with E-state index in [1.54, 1.807) is 0 Å². The molecule has 4 aromatic rings. The molecule has 1 aliphatic heterocycles. The molecule has 3 heteroatoms. The van der Waals surface area contributed by atoms with Gasteiger partial charge in [0.1, 0.15) is 0 Å². The van der Waals surface area contributed by atoms with E-state index in [0.717, 1.165) is 22.5 Å². The van der Waals surface area contributed by atoms with Crippen LogP contribution in [0.2, 0.25) is 0 Å². The van der Waals surface area contributed by atoms with Crippen molar-refractivity contribution >= 4 is 17.4 Å². The average Bonchev–Trinajstić information content (AvgIpc) is 3.14. The van der Waals surface area contributed by atoms with Crippen LogP contribution in [0.1, 0.15) is 34.3 Å². The standard InChI is InChI=1S/C29H26N2O/c1-21-13-17-23(18-14-21)27-28(24-19-15-22(2)16-20-24)31(26-11-7-4-8-12-26)29(32)30(27)25-9-5-3-6-10-25/h3-20,27-28H,1-2H3. The summed E-state index contributed by atoms with van der Waals surface area (Å²) in [5.41, 5.74) is 6.46. The Kier molecular flexibility index (Phi) is 5.24. The second kappa shape index (κ2) is 8.35. The average molecular weight is 419 g/mol. The molecule has 0 bridgehead atoms. The van der Waals surface area contributed by atoms with E-state index in [-0.39, 0.29) is 18.1 Å². The van der Waals surface area contributed by atoms with E-state index >= 15 is 0 Å². The van der Waals surface area contributed by atoms with Crippen molar-refractivity contribution in [3.05, 3.63) is 131 Å². The van der Waals surface area contributed by atoms with Gasteiger partial charge in [0.2, 0.25) is 0 Å². The van der Waals surface area contributed by atoms with Crippen LogP contribution in [0.5, 0.6) is 0 Å². The van der Waals surface area contributed by atoms with E-state index in [9.17, 15) is 4.79 Å². The first-order valence-corrected chi connectivity index (χ1v) is 11.0. The van der Waals surface area contributed by atoms with Gasteiger partial charge in [-0.15, -0.1) is 0 Å². The lowest BCUT2D eigenvalue weighted by atomic mass is 9.91. The lowest BCUT2D eigenvalue weighted by Crippen LogP contribution is -2.32. The third-order valence-electron chi connectivity index (χ3n) is 6.17. The summed E-state index contributed by atoms with van der Waals surface area (Å²) in [4.78, 5) is 18.0. The first-order valence-electron chi connectivity index (χ1n) is 11.0. The Labute approximate surface area is 189 Å². The molecule has 0 saturated carbocycles. The van der Waals surface area contributed by atoms with Crippen molar-refractivity contribution in [2.45, 2.75) is 25.9 Å². The summed E-state index contributed by atoms with van der Waals surface area (Å²) in [7, 11) is 0. The van der Waals surface area contributed by atoms with Gasteiger partial charge in [-0.3, -0.25) is 9.80 Å². The van der Waals surface area contributed by atoms with Crippen molar-refractivity contribution in [1.29, 1.82) is 0 Å². The van der Waals surface area contributed by atoms with E-state index < -0.39 is 0 Å². The number of benzene rings is 4. The lowest BCUT2D eigenvalue weighted by molar-refractivity contribution is 0.255. The van der Waals surface area contributed by atoms with Crippen LogP contribution in [0.25, 0.3) is 0 Å². The molecule has 158 valence electrons. The van der Waals surface area contributed by atoms with Crippen LogP contribution in [0.3, 0.4) is 0 Å². The zero-order chi connectivity index (χ0) is 22.1. The highest BCUT2D eigenvalue weighted by molar-refractivity contribution is 6.08. The van der Waals surface area contributed by atoms with Crippen LogP contribution in [0.4, 0.5) is 16.2 Å². The van der Waals surface area contributed by atoms with Gasteiger partial charge in [0, 0.05) is 11.4 Å². The SMILES string of the molecule is Cc1ccc(C2C(c3ccc(C)cc3)N(c3ccccc3)C(=O)N2c2ccccc2)cc1. The number of aryl methyl sites for hydroxylation is 2. The molecule has 1 heterocycles. The van der Waals surface area contributed by atoms with Crippen molar-refractivity contribution in [2.24, 2.45) is 0 Å². The Morgan fingerprint density at radius 3 is 1.19 bits per heavy atom. The smallest absolute Gasteiger partial charge is 0.284 e. The van der Waals surface area contributed by atoms with Crippen LogP contribution in [-0.2, 0) is 0 Å². The molecule has 1 fully saturated rings. The normalized spacial score (nSPS) is 18.2. The Morgan fingerprint density at radius 2 is 0.844 bits per heavy atom. The summed E-state index contributed by atoms with van der Waals surface area (Å²) in [5.74, 6) is 0. The first kappa shape index (κ1) is 20.1. The molecular formula is C29H26N2O. The molecule has 2 amide bonds. The Hall–Kier alpha value is -3.85. The molecule has 0 aromatic heterocycles. The van der Waals surface area contributed by atoms with Gasteiger partial charge in [-0.25, -0.2) is 4.79 Å². The maximum Gasteiger partial charge on any atom is 0.330 e. The van der Waals surface area contributed by atoms with E-state index in [1.165, 1.54) is 11.1 Å². The minimum absolute atomic E-state index is 0.0152. The number of rotatable bonds is 4. The van der Waals surface area contributed by atoms with Crippen LogP contribution in [0, 0.1) is 13.8 Å². The lowest BCUT2D eigenvalue weighted by Gasteiger charge is -2.29. The van der Waals surface area contributed by atoms with Crippen LogP contribution < -0.4 is 9.80 Å². The number of carbonyl (C=O) groups is 1. The predicted molar refractivity (Wildman–Crippen MR) is 131 cm³/mol. The highest BCUT2D eigenvalue weighted by Crippen LogP contribution is 2.49. The fraction of sp³-hybridized carbons (Fsp3) is 0.138. The summed E-state index contributed by atoms with van der Waals surface area (Å²) < 4.78 is 0. The van der Waals surface area contributed by atoms with Crippen LogP contribution >= 0.6 is 0 Å². The van der Waals surface area contributed by atoms with Gasteiger partial charge in [-0.1, -0.05) is 96.1 Å². The van der Waals surface area contributed by atoms with E-state index in [2.05, 4.69) is 62.4 Å². The molecule has 0 aliphatic carbocycles. The van der Waals surface area contributed by atoms with Gasteiger partial charge in [0.25, 0.3) is 0 Å². The summed E-state index contributed by atoms with van der Waals surface area (Å²) in [6, 6.07) is 36.7. The van der Waals surface area contributed by atoms with E-state index in [0.29, 0.717) is 0 Å². The quantitative estimate of drug-likeness (QED) is 0.343. The van der Waals surface area contributed by atoms with E-state index in [4.69, 9.17) is 0 Å². The monoisotopic (exact) mass is 418 g/mol. The molecule has 2 atom stereocenters. The fourth-order valence-corrected chi connectivity index (χ4v) is 4.55. The number of hydrogen-bond donors (Lipinski definition) is 0.